The van der Waals surface area contributed by atoms with Crippen LogP contribution in [0.2, 0.25) is 0 Å². The minimum Gasteiger partial charge on any atom is -0.393 e. The summed E-state index contributed by atoms with van der Waals surface area (Å²) in [6, 6.07) is 4.56. The lowest BCUT2D eigenvalue weighted by Gasteiger charge is -2.06. The summed E-state index contributed by atoms with van der Waals surface area (Å²) in [6.07, 6.45) is 2.53. The van der Waals surface area contributed by atoms with Crippen molar-refractivity contribution < 1.29 is 4.92 Å². The standard InChI is InChI=1S/C12H16N6O2/c1-16(2)6-5-9-8-17(15-14-9)10-3-4-11(13)12(7-10)18(19)20/h3-4,7-8H,5-6,13H2,1-2H3. The van der Waals surface area contributed by atoms with Crippen LogP contribution in [0.1, 0.15) is 5.69 Å². The number of benzene rings is 1. The van der Waals surface area contributed by atoms with E-state index in [9.17, 15) is 10.1 Å². The molecule has 0 radical (unpaired) electrons. The minimum atomic E-state index is -0.511. The molecule has 2 aromatic rings. The molecular weight excluding hydrogens is 260 g/mol. The van der Waals surface area contributed by atoms with Crippen LogP contribution in [0.5, 0.6) is 0 Å². The number of hydrogen-bond donors (Lipinski definition) is 1. The summed E-state index contributed by atoms with van der Waals surface area (Å²) in [5, 5.41) is 18.9. The van der Waals surface area contributed by atoms with Gasteiger partial charge in [0.25, 0.3) is 5.69 Å². The first-order valence-corrected chi connectivity index (χ1v) is 6.07. The van der Waals surface area contributed by atoms with E-state index in [0.29, 0.717) is 5.69 Å². The highest BCUT2D eigenvalue weighted by atomic mass is 16.6. The second-order valence-corrected chi connectivity index (χ2v) is 4.71. The topological polar surface area (TPSA) is 103 Å². The number of nitrogen functional groups attached to an aromatic ring is 1. The van der Waals surface area contributed by atoms with E-state index in [-0.39, 0.29) is 11.4 Å². The van der Waals surface area contributed by atoms with Crippen LogP contribution in [-0.4, -0.2) is 45.5 Å². The zero-order valence-corrected chi connectivity index (χ0v) is 11.4. The van der Waals surface area contributed by atoms with Gasteiger partial charge in [-0.1, -0.05) is 5.21 Å². The monoisotopic (exact) mass is 276 g/mol. The molecule has 1 aromatic carbocycles. The maximum Gasteiger partial charge on any atom is 0.294 e. The van der Waals surface area contributed by atoms with Gasteiger partial charge in [-0.3, -0.25) is 10.1 Å². The average molecular weight is 276 g/mol. The average Bonchev–Trinajstić information content (AvgIpc) is 2.85. The smallest absolute Gasteiger partial charge is 0.294 e. The van der Waals surface area contributed by atoms with E-state index >= 15 is 0 Å². The van der Waals surface area contributed by atoms with Crippen molar-refractivity contribution >= 4 is 11.4 Å². The van der Waals surface area contributed by atoms with Gasteiger partial charge in [0.15, 0.2) is 0 Å². The third kappa shape index (κ3) is 3.09. The summed E-state index contributed by atoms with van der Waals surface area (Å²) in [5.41, 5.74) is 6.96. The van der Waals surface area contributed by atoms with E-state index in [4.69, 9.17) is 5.73 Å². The van der Waals surface area contributed by atoms with Gasteiger partial charge in [0.2, 0.25) is 0 Å². The normalized spacial score (nSPS) is 10.9. The fourth-order valence-corrected chi connectivity index (χ4v) is 1.71. The predicted molar refractivity (Wildman–Crippen MR) is 74.7 cm³/mol. The summed E-state index contributed by atoms with van der Waals surface area (Å²) in [7, 11) is 3.96. The summed E-state index contributed by atoms with van der Waals surface area (Å²) >= 11 is 0. The van der Waals surface area contributed by atoms with Crippen molar-refractivity contribution in [3.63, 3.8) is 0 Å². The van der Waals surface area contributed by atoms with Gasteiger partial charge in [-0.2, -0.15) is 0 Å². The van der Waals surface area contributed by atoms with Gasteiger partial charge in [0.1, 0.15) is 5.69 Å². The molecule has 0 atom stereocenters. The van der Waals surface area contributed by atoms with E-state index in [1.54, 1.807) is 12.3 Å². The van der Waals surface area contributed by atoms with Gasteiger partial charge in [-0.05, 0) is 26.2 Å². The minimum absolute atomic E-state index is 0.131. The second kappa shape index (κ2) is 5.66. The fraction of sp³-hybridized carbons (Fsp3) is 0.333. The molecule has 8 heteroatoms. The Labute approximate surface area is 115 Å². The van der Waals surface area contributed by atoms with Crippen LogP contribution in [0.4, 0.5) is 11.4 Å². The van der Waals surface area contributed by atoms with Crippen LogP contribution < -0.4 is 5.73 Å². The van der Waals surface area contributed by atoms with Crippen molar-refractivity contribution in [2.24, 2.45) is 0 Å². The number of nitrogens with two attached hydrogens (primary N) is 1. The number of nitro benzene ring substituents is 1. The Balaban J connectivity index is 2.24. The molecule has 2 N–H and O–H groups in total. The Morgan fingerprint density at radius 1 is 1.45 bits per heavy atom. The van der Waals surface area contributed by atoms with Crippen molar-refractivity contribution in [3.8, 4) is 5.69 Å². The number of rotatable bonds is 5. The van der Waals surface area contributed by atoms with Crippen molar-refractivity contribution in [2.75, 3.05) is 26.4 Å². The molecule has 106 valence electrons. The molecule has 0 bridgehead atoms. The molecule has 0 unspecified atom stereocenters. The summed E-state index contributed by atoms with van der Waals surface area (Å²) in [6.45, 7) is 0.862. The summed E-state index contributed by atoms with van der Waals surface area (Å²) in [4.78, 5) is 12.4. The second-order valence-electron chi connectivity index (χ2n) is 4.71. The molecule has 0 aliphatic carbocycles. The Bertz CT molecular complexity index is 622. The van der Waals surface area contributed by atoms with Gasteiger partial charge in [0, 0.05) is 19.0 Å². The lowest BCUT2D eigenvalue weighted by molar-refractivity contribution is -0.383. The van der Waals surface area contributed by atoms with Crippen LogP contribution in [0.15, 0.2) is 24.4 Å². The summed E-state index contributed by atoms with van der Waals surface area (Å²) in [5.74, 6) is 0. The van der Waals surface area contributed by atoms with Gasteiger partial charge in [0.05, 0.1) is 22.5 Å². The third-order valence-electron chi connectivity index (χ3n) is 2.83. The van der Waals surface area contributed by atoms with Gasteiger partial charge in [-0.25, -0.2) is 4.68 Å². The molecule has 0 aliphatic heterocycles. The van der Waals surface area contributed by atoms with E-state index in [1.165, 1.54) is 16.8 Å². The van der Waals surface area contributed by atoms with Gasteiger partial charge < -0.3 is 10.6 Å². The van der Waals surface area contributed by atoms with E-state index in [2.05, 4.69) is 10.3 Å². The molecule has 1 heterocycles. The number of nitro groups is 1. The van der Waals surface area contributed by atoms with Crippen molar-refractivity contribution in [1.29, 1.82) is 0 Å². The lowest BCUT2D eigenvalue weighted by Crippen LogP contribution is -2.15. The van der Waals surface area contributed by atoms with E-state index in [0.717, 1.165) is 18.7 Å². The number of likely N-dealkylation sites (N-methyl/N-ethyl adjacent to an activating group) is 1. The summed E-state index contributed by atoms with van der Waals surface area (Å²) < 4.78 is 1.51. The largest absolute Gasteiger partial charge is 0.393 e. The van der Waals surface area contributed by atoms with Crippen LogP contribution in [-0.2, 0) is 6.42 Å². The highest BCUT2D eigenvalue weighted by Crippen LogP contribution is 2.23. The molecule has 0 saturated heterocycles. The van der Waals surface area contributed by atoms with Gasteiger partial charge in [-0.15, -0.1) is 5.10 Å². The zero-order chi connectivity index (χ0) is 14.7. The molecule has 8 nitrogen and oxygen atoms in total. The maximum absolute atomic E-state index is 10.9. The van der Waals surface area contributed by atoms with Crippen molar-refractivity contribution in [2.45, 2.75) is 6.42 Å². The first kappa shape index (κ1) is 13.9. The van der Waals surface area contributed by atoms with Crippen molar-refractivity contribution in [1.82, 2.24) is 19.9 Å². The SMILES string of the molecule is CN(C)CCc1cn(-c2ccc(N)c([N+](=O)[O-])c2)nn1. The molecule has 0 spiro atoms. The predicted octanol–water partition coefficient (Wildman–Crippen LogP) is 0.862. The van der Waals surface area contributed by atoms with E-state index < -0.39 is 4.92 Å². The number of nitrogens with zero attached hydrogens (tertiary/aromatic N) is 5. The number of aromatic nitrogens is 3. The molecule has 0 aliphatic rings. The molecule has 0 saturated carbocycles. The molecule has 0 amide bonds. The molecular formula is C12H16N6O2. The first-order valence-electron chi connectivity index (χ1n) is 6.07. The Morgan fingerprint density at radius 3 is 2.85 bits per heavy atom. The highest BCUT2D eigenvalue weighted by Gasteiger charge is 2.13. The Hall–Kier alpha value is -2.48. The highest BCUT2D eigenvalue weighted by molar-refractivity contribution is 5.62. The third-order valence-corrected chi connectivity index (χ3v) is 2.83. The lowest BCUT2D eigenvalue weighted by atomic mass is 10.2. The van der Waals surface area contributed by atoms with Gasteiger partial charge >= 0.3 is 0 Å². The first-order chi connectivity index (χ1) is 9.47. The quantitative estimate of drug-likeness (QED) is 0.493. The van der Waals surface area contributed by atoms with Crippen molar-refractivity contribution in [3.05, 3.63) is 40.2 Å². The number of hydrogen-bond acceptors (Lipinski definition) is 6. The maximum atomic E-state index is 10.9. The Kier molecular flexibility index (Phi) is 3.94. The molecule has 2 rings (SSSR count). The zero-order valence-electron chi connectivity index (χ0n) is 11.4. The van der Waals surface area contributed by atoms with Crippen LogP contribution in [0.25, 0.3) is 5.69 Å². The fourth-order valence-electron chi connectivity index (χ4n) is 1.71. The van der Waals surface area contributed by atoms with Crippen LogP contribution in [0, 0.1) is 10.1 Å². The van der Waals surface area contributed by atoms with Crippen LogP contribution >= 0.6 is 0 Å². The Morgan fingerprint density at radius 2 is 2.20 bits per heavy atom. The molecule has 0 fully saturated rings. The van der Waals surface area contributed by atoms with Crippen LogP contribution in [0.3, 0.4) is 0 Å². The molecule has 1 aromatic heterocycles. The molecule has 20 heavy (non-hydrogen) atoms. The van der Waals surface area contributed by atoms with E-state index in [1.807, 2.05) is 19.0 Å². The number of anilines is 1.